The van der Waals surface area contributed by atoms with Crippen LogP contribution in [0.25, 0.3) is 11.0 Å². The predicted octanol–water partition coefficient (Wildman–Crippen LogP) is 1.40. The molecule has 2 N–H and O–H groups in total. The molecule has 0 spiro atoms. The van der Waals surface area contributed by atoms with E-state index in [1.807, 2.05) is 11.9 Å². The van der Waals surface area contributed by atoms with Crippen LogP contribution < -0.4 is 16.4 Å². The van der Waals surface area contributed by atoms with E-state index in [0.29, 0.717) is 18.7 Å². The van der Waals surface area contributed by atoms with Crippen LogP contribution in [0, 0.1) is 10.1 Å². The molecule has 2 aromatic rings. The Morgan fingerprint density at radius 3 is 2.52 bits per heavy atom. The number of piperazine rings is 1. The quantitative estimate of drug-likeness (QED) is 0.261. The van der Waals surface area contributed by atoms with Crippen LogP contribution in [-0.4, -0.2) is 59.3 Å². The number of benzene rings is 1. The van der Waals surface area contributed by atoms with E-state index in [9.17, 15) is 24.3 Å². The zero-order valence-electron chi connectivity index (χ0n) is 17.6. The number of aromatic amines is 1. The van der Waals surface area contributed by atoms with E-state index in [4.69, 9.17) is 9.05 Å². The molecule has 13 heteroatoms. The first-order valence-corrected chi connectivity index (χ1v) is 11.7. The van der Waals surface area contributed by atoms with Gasteiger partial charge in [0.1, 0.15) is 6.29 Å². The van der Waals surface area contributed by atoms with Crippen molar-refractivity contribution in [2.24, 2.45) is 0 Å². The lowest BCUT2D eigenvalue weighted by Gasteiger charge is -2.33. The number of H-pyrrole nitrogens is 1. The van der Waals surface area contributed by atoms with Crippen molar-refractivity contribution in [3.8, 4) is 0 Å². The lowest BCUT2D eigenvalue weighted by Crippen LogP contribution is -2.44. The van der Waals surface area contributed by atoms with Crippen molar-refractivity contribution in [1.29, 1.82) is 0 Å². The smallest absolute Gasteiger partial charge is 0.316 e. The van der Waals surface area contributed by atoms with Crippen molar-refractivity contribution in [3.05, 3.63) is 48.5 Å². The second-order valence-electron chi connectivity index (χ2n) is 7.16. The third-order valence-corrected chi connectivity index (χ3v) is 7.09. The summed E-state index contributed by atoms with van der Waals surface area (Å²) >= 11 is 0. The van der Waals surface area contributed by atoms with E-state index in [1.54, 1.807) is 13.8 Å². The Morgan fingerprint density at radius 2 is 1.94 bits per heavy atom. The number of rotatable bonds is 8. The third-order valence-electron chi connectivity index (χ3n) is 5.16. The van der Waals surface area contributed by atoms with Crippen LogP contribution in [0.4, 0.5) is 5.69 Å². The van der Waals surface area contributed by atoms with Crippen LogP contribution in [-0.2, 0) is 19.9 Å². The maximum absolute atomic E-state index is 13.1. The van der Waals surface area contributed by atoms with Crippen molar-refractivity contribution in [1.82, 2.24) is 19.8 Å². The Labute approximate surface area is 177 Å². The highest BCUT2D eigenvalue weighted by molar-refractivity contribution is 7.52. The first-order chi connectivity index (χ1) is 14.7. The summed E-state index contributed by atoms with van der Waals surface area (Å²) in [7, 11) is -1.87. The molecule has 170 valence electrons. The maximum atomic E-state index is 13.1. The Balaban J connectivity index is 2.27. The van der Waals surface area contributed by atoms with Crippen LogP contribution in [0.1, 0.15) is 25.5 Å². The number of hydrogen-bond donors (Lipinski definition) is 2. The van der Waals surface area contributed by atoms with Crippen molar-refractivity contribution in [2.75, 3.05) is 39.9 Å². The van der Waals surface area contributed by atoms with Crippen LogP contribution in [0.15, 0.2) is 21.7 Å². The fourth-order valence-corrected chi connectivity index (χ4v) is 5.38. The summed E-state index contributed by atoms with van der Waals surface area (Å²) in [4.78, 5) is 40.5. The Bertz CT molecular complexity index is 1130. The van der Waals surface area contributed by atoms with Gasteiger partial charge in [0.05, 0.1) is 40.8 Å². The Kier molecular flexibility index (Phi) is 7.07. The molecule has 1 unspecified atom stereocenters. The predicted molar refractivity (Wildman–Crippen MR) is 115 cm³/mol. The minimum atomic E-state index is -3.73. The zero-order valence-corrected chi connectivity index (χ0v) is 18.5. The summed E-state index contributed by atoms with van der Waals surface area (Å²) in [6.45, 7) is 5.35. The SMILES string of the molecule is CCOP(=O)(Cn1c(=O)c(=O)[nH]c2cc([N+](=O)[O-])c(C3CNCCN3C)cc21)OCC. The highest BCUT2D eigenvalue weighted by Crippen LogP contribution is 2.49. The fraction of sp³-hybridized carbons (Fsp3) is 0.556. The van der Waals surface area contributed by atoms with Gasteiger partial charge in [0.2, 0.25) is 0 Å². The van der Waals surface area contributed by atoms with E-state index in [-0.39, 0.29) is 36.0 Å². The number of nitrogens with one attached hydrogen (secondary N) is 2. The van der Waals surface area contributed by atoms with Gasteiger partial charge in [-0.1, -0.05) is 0 Å². The van der Waals surface area contributed by atoms with Crippen LogP contribution in [0.3, 0.4) is 0 Å². The molecule has 1 fully saturated rings. The maximum Gasteiger partial charge on any atom is 0.350 e. The number of likely N-dealkylation sites (N-methyl/N-ethyl adjacent to an activating group) is 1. The van der Waals surface area contributed by atoms with E-state index >= 15 is 0 Å². The summed E-state index contributed by atoms with van der Waals surface area (Å²) in [5.74, 6) is 0. The summed E-state index contributed by atoms with van der Waals surface area (Å²) in [5.41, 5.74) is -1.41. The summed E-state index contributed by atoms with van der Waals surface area (Å²) < 4.78 is 24.6. The van der Waals surface area contributed by atoms with Crippen molar-refractivity contribution < 1.29 is 18.5 Å². The number of fused-ring (bicyclic) bond motifs is 1. The second kappa shape index (κ2) is 9.41. The monoisotopic (exact) mass is 455 g/mol. The average Bonchev–Trinajstić information content (AvgIpc) is 2.71. The summed E-state index contributed by atoms with van der Waals surface area (Å²) in [5, 5.41) is 15.0. The molecule has 3 rings (SSSR count). The molecule has 0 radical (unpaired) electrons. The largest absolute Gasteiger partial charge is 0.350 e. The van der Waals surface area contributed by atoms with Gasteiger partial charge in [-0.25, -0.2) is 0 Å². The molecule has 0 aliphatic carbocycles. The van der Waals surface area contributed by atoms with Crippen molar-refractivity contribution in [3.63, 3.8) is 0 Å². The molecular formula is C18H26N5O7P. The molecule has 1 saturated heterocycles. The Hall–Kier alpha value is -2.37. The number of nitro groups is 1. The van der Waals surface area contributed by atoms with Gasteiger partial charge in [-0.2, -0.15) is 0 Å². The molecule has 0 bridgehead atoms. The lowest BCUT2D eigenvalue weighted by molar-refractivity contribution is -0.385. The highest BCUT2D eigenvalue weighted by atomic mass is 31.2. The van der Waals surface area contributed by atoms with Crippen LogP contribution >= 0.6 is 7.60 Å². The summed E-state index contributed by atoms with van der Waals surface area (Å²) in [6.07, 6.45) is -0.482. The topological polar surface area (TPSA) is 149 Å². The number of nitro benzene ring substituents is 1. The van der Waals surface area contributed by atoms with E-state index in [1.165, 1.54) is 12.1 Å². The molecule has 1 aromatic carbocycles. The Morgan fingerprint density at radius 1 is 1.26 bits per heavy atom. The zero-order chi connectivity index (χ0) is 22.8. The van der Waals surface area contributed by atoms with Crippen LogP contribution in [0.5, 0.6) is 0 Å². The molecule has 12 nitrogen and oxygen atoms in total. The molecular weight excluding hydrogens is 429 g/mol. The lowest BCUT2D eigenvalue weighted by atomic mass is 10.0. The van der Waals surface area contributed by atoms with E-state index < -0.39 is 29.9 Å². The van der Waals surface area contributed by atoms with Gasteiger partial charge in [0.25, 0.3) is 5.69 Å². The fourth-order valence-electron chi connectivity index (χ4n) is 3.73. The van der Waals surface area contributed by atoms with Gasteiger partial charge < -0.3 is 19.3 Å². The standard InChI is InChI=1S/C18H26N5O7P/c1-4-29-31(28,30-5-2)11-22-15-8-12(16-10-19-6-7-21(16)3)14(23(26)27)9-13(15)20-17(24)18(22)25/h8-9,16,19H,4-7,10-11H2,1-3H3,(H,20,24). The molecule has 1 atom stereocenters. The molecule has 0 amide bonds. The molecule has 31 heavy (non-hydrogen) atoms. The first kappa shape index (κ1) is 23.3. The number of aromatic nitrogens is 2. The van der Waals surface area contributed by atoms with Gasteiger partial charge in [-0.15, -0.1) is 0 Å². The first-order valence-electron chi connectivity index (χ1n) is 9.95. The molecule has 0 saturated carbocycles. The van der Waals surface area contributed by atoms with Gasteiger partial charge >= 0.3 is 18.7 Å². The minimum Gasteiger partial charge on any atom is -0.316 e. The third kappa shape index (κ3) is 4.78. The van der Waals surface area contributed by atoms with Crippen molar-refractivity contribution >= 4 is 24.3 Å². The number of nitrogens with zero attached hydrogens (tertiary/aromatic N) is 3. The summed E-state index contributed by atoms with van der Waals surface area (Å²) in [6, 6.07) is 2.41. The minimum absolute atomic E-state index is 0.0857. The van der Waals surface area contributed by atoms with E-state index in [0.717, 1.165) is 11.1 Å². The molecule has 2 heterocycles. The molecule has 1 aromatic heterocycles. The molecule has 1 aliphatic heterocycles. The normalized spacial score (nSPS) is 17.8. The average molecular weight is 455 g/mol. The van der Waals surface area contributed by atoms with Crippen molar-refractivity contribution in [2.45, 2.75) is 26.2 Å². The van der Waals surface area contributed by atoms with Gasteiger partial charge in [-0.3, -0.25) is 33.7 Å². The van der Waals surface area contributed by atoms with Gasteiger partial charge in [0, 0.05) is 25.7 Å². The van der Waals surface area contributed by atoms with E-state index in [2.05, 4.69) is 10.3 Å². The molecule has 1 aliphatic rings. The number of hydrogen-bond acceptors (Lipinski definition) is 9. The van der Waals surface area contributed by atoms with Crippen LogP contribution in [0.2, 0.25) is 0 Å². The second-order valence-corrected chi connectivity index (χ2v) is 9.18. The van der Waals surface area contributed by atoms with Gasteiger partial charge in [0.15, 0.2) is 0 Å². The highest BCUT2D eigenvalue weighted by Gasteiger charge is 2.31. The van der Waals surface area contributed by atoms with Gasteiger partial charge in [-0.05, 0) is 27.0 Å².